The van der Waals surface area contributed by atoms with Crippen LogP contribution in [0.5, 0.6) is 0 Å². The highest BCUT2D eigenvalue weighted by Crippen LogP contribution is 2.28. The first kappa shape index (κ1) is 13.1. The maximum absolute atomic E-state index is 12.5. The van der Waals surface area contributed by atoms with Crippen LogP contribution in [0.15, 0.2) is 34.9 Å². The van der Waals surface area contributed by atoms with E-state index >= 15 is 0 Å². The van der Waals surface area contributed by atoms with E-state index in [1.807, 2.05) is 17.9 Å². The summed E-state index contributed by atoms with van der Waals surface area (Å²) in [6, 6.07) is 10.0. The number of benzene rings is 1. The number of carbonyl (C=O) groups is 1. The Morgan fingerprint density at radius 3 is 3.09 bits per heavy atom. The summed E-state index contributed by atoms with van der Waals surface area (Å²) in [5.41, 5.74) is 4.39. The van der Waals surface area contributed by atoms with Crippen molar-refractivity contribution in [2.45, 2.75) is 26.3 Å². The first-order chi connectivity index (χ1) is 10.8. The minimum atomic E-state index is -0.0866. The SMILES string of the molecule is CCc1cc(C(=O)N2CCc3c([nH]c4ccccc34)C2)on1. The summed E-state index contributed by atoms with van der Waals surface area (Å²) in [4.78, 5) is 17.8. The average Bonchev–Trinajstić information content (AvgIpc) is 3.17. The van der Waals surface area contributed by atoms with Crippen LogP contribution >= 0.6 is 0 Å². The molecule has 4 rings (SSSR count). The van der Waals surface area contributed by atoms with Gasteiger partial charge >= 0.3 is 0 Å². The Morgan fingerprint density at radius 2 is 2.27 bits per heavy atom. The van der Waals surface area contributed by atoms with Crippen molar-refractivity contribution < 1.29 is 9.32 Å². The zero-order valence-electron chi connectivity index (χ0n) is 12.4. The molecule has 0 aliphatic carbocycles. The molecule has 0 fully saturated rings. The molecule has 0 unspecified atom stereocenters. The number of carbonyl (C=O) groups excluding carboxylic acids is 1. The van der Waals surface area contributed by atoms with Crippen molar-refractivity contribution in [3.05, 3.63) is 53.0 Å². The number of fused-ring (bicyclic) bond motifs is 3. The molecule has 0 saturated carbocycles. The number of hydrogen-bond donors (Lipinski definition) is 1. The van der Waals surface area contributed by atoms with Gasteiger partial charge in [0.1, 0.15) is 0 Å². The van der Waals surface area contributed by atoms with Crippen molar-refractivity contribution in [2.75, 3.05) is 6.54 Å². The monoisotopic (exact) mass is 295 g/mol. The third kappa shape index (κ3) is 2.01. The predicted octanol–water partition coefficient (Wildman–Crippen LogP) is 2.92. The lowest BCUT2D eigenvalue weighted by Crippen LogP contribution is -2.35. The smallest absolute Gasteiger partial charge is 0.292 e. The molecule has 0 bridgehead atoms. The fraction of sp³-hybridized carbons (Fsp3) is 0.294. The second-order valence-electron chi connectivity index (χ2n) is 5.64. The van der Waals surface area contributed by atoms with Gasteiger partial charge in [0.25, 0.3) is 5.91 Å². The van der Waals surface area contributed by atoms with E-state index in [-0.39, 0.29) is 5.91 Å². The second-order valence-corrected chi connectivity index (χ2v) is 5.64. The summed E-state index contributed by atoms with van der Waals surface area (Å²) in [6.45, 7) is 3.28. The molecule has 5 heteroatoms. The Morgan fingerprint density at radius 1 is 1.41 bits per heavy atom. The van der Waals surface area contributed by atoms with Gasteiger partial charge < -0.3 is 14.4 Å². The molecule has 22 heavy (non-hydrogen) atoms. The minimum absolute atomic E-state index is 0.0866. The van der Waals surface area contributed by atoms with E-state index in [2.05, 4.69) is 28.3 Å². The summed E-state index contributed by atoms with van der Waals surface area (Å²) in [5.74, 6) is 0.243. The van der Waals surface area contributed by atoms with Gasteiger partial charge in [0.2, 0.25) is 5.76 Å². The molecule has 2 aromatic heterocycles. The van der Waals surface area contributed by atoms with Crippen molar-refractivity contribution in [2.24, 2.45) is 0 Å². The van der Waals surface area contributed by atoms with Gasteiger partial charge in [-0.25, -0.2) is 0 Å². The summed E-state index contributed by atoms with van der Waals surface area (Å²) in [5, 5.41) is 5.16. The summed E-state index contributed by atoms with van der Waals surface area (Å²) >= 11 is 0. The van der Waals surface area contributed by atoms with E-state index < -0.39 is 0 Å². The summed E-state index contributed by atoms with van der Waals surface area (Å²) in [6.07, 6.45) is 1.63. The van der Waals surface area contributed by atoms with E-state index in [0.29, 0.717) is 18.8 Å². The van der Waals surface area contributed by atoms with Gasteiger partial charge in [0, 0.05) is 29.2 Å². The largest absolute Gasteiger partial charge is 0.357 e. The third-order valence-corrected chi connectivity index (χ3v) is 4.30. The van der Waals surface area contributed by atoms with Crippen LogP contribution in [0.2, 0.25) is 0 Å². The standard InChI is InChI=1S/C17H17N3O2/c1-2-11-9-16(22-19-11)17(21)20-8-7-13-12-5-3-4-6-14(12)18-15(13)10-20/h3-6,9,18H,2,7-8,10H2,1H3. The van der Waals surface area contributed by atoms with Crippen LogP contribution in [0.4, 0.5) is 0 Å². The van der Waals surface area contributed by atoms with E-state index in [4.69, 9.17) is 4.52 Å². The molecule has 1 N–H and O–H groups in total. The Labute approximate surface area is 127 Å². The molecule has 1 aromatic carbocycles. The van der Waals surface area contributed by atoms with Crippen LogP contribution in [0.3, 0.4) is 0 Å². The fourth-order valence-electron chi connectivity index (χ4n) is 3.10. The molecule has 0 atom stereocenters. The van der Waals surface area contributed by atoms with Gasteiger partial charge in [-0.05, 0) is 24.5 Å². The van der Waals surface area contributed by atoms with Crippen molar-refractivity contribution >= 4 is 16.8 Å². The zero-order chi connectivity index (χ0) is 15.1. The van der Waals surface area contributed by atoms with Crippen molar-refractivity contribution in [3.8, 4) is 0 Å². The van der Waals surface area contributed by atoms with Gasteiger partial charge in [-0.2, -0.15) is 0 Å². The highest BCUT2D eigenvalue weighted by molar-refractivity contribution is 5.92. The molecule has 1 aliphatic heterocycles. The molecular weight excluding hydrogens is 278 g/mol. The van der Waals surface area contributed by atoms with Crippen LogP contribution in [0.25, 0.3) is 10.9 Å². The molecule has 0 spiro atoms. The molecule has 0 radical (unpaired) electrons. The molecular formula is C17H17N3O2. The molecule has 3 heterocycles. The highest BCUT2D eigenvalue weighted by Gasteiger charge is 2.26. The number of H-pyrrole nitrogens is 1. The van der Waals surface area contributed by atoms with Crippen LogP contribution in [-0.2, 0) is 19.4 Å². The number of hydrogen-bond acceptors (Lipinski definition) is 3. The number of amides is 1. The normalized spacial score (nSPS) is 14.3. The van der Waals surface area contributed by atoms with Crippen molar-refractivity contribution in [1.82, 2.24) is 15.0 Å². The fourth-order valence-corrected chi connectivity index (χ4v) is 3.10. The first-order valence-electron chi connectivity index (χ1n) is 7.59. The molecule has 0 saturated heterocycles. The summed E-state index contributed by atoms with van der Waals surface area (Å²) in [7, 11) is 0. The lowest BCUT2D eigenvalue weighted by Gasteiger charge is -2.26. The Balaban J connectivity index is 1.62. The molecule has 112 valence electrons. The van der Waals surface area contributed by atoms with Crippen LogP contribution in [-0.4, -0.2) is 27.5 Å². The minimum Gasteiger partial charge on any atom is -0.357 e. The van der Waals surface area contributed by atoms with E-state index in [1.54, 1.807) is 6.07 Å². The van der Waals surface area contributed by atoms with E-state index in [1.165, 1.54) is 10.9 Å². The average molecular weight is 295 g/mol. The molecule has 1 aliphatic rings. The number of aryl methyl sites for hydroxylation is 1. The predicted molar refractivity (Wildman–Crippen MR) is 82.6 cm³/mol. The van der Waals surface area contributed by atoms with Crippen LogP contribution in [0.1, 0.15) is 34.4 Å². The van der Waals surface area contributed by atoms with Gasteiger partial charge in [0.15, 0.2) is 0 Å². The molecule has 1 amide bonds. The van der Waals surface area contributed by atoms with E-state index in [9.17, 15) is 4.79 Å². The van der Waals surface area contributed by atoms with Crippen LogP contribution in [0, 0.1) is 0 Å². The van der Waals surface area contributed by atoms with Crippen molar-refractivity contribution in [3.63, 3.8) is 0 Å². The molecule has 5 nitrogen and oxygen atoms in total. The third-order valence-electron chi connectivity index (χ3n) is 4.30. The first-order valence-corrected chi connectivity index (χ1v) is 7.59. The number of nitrogens with one attached hydrogen (secondary N) is 1. The number of nitrogens with zero attached hydrogens (tertiary/aromatic N) is 2. The number of rotatable bonds is 2. The van der Waals surface area contributed by atoms with Crippen molar-refractivity contribution in [1.29, 1.82) is 0 Å². The highest BCUT2D eigenvalue weighted by atomic mass is 16.5. The zero-order valence-corrected chi connectivity index (χ0v) is 12.4. The second kappa shape index (κ2) is 5.02. The lowest BCUT2D eigenvalue weighted by molar-refractivity contribution is 0.0690. The van der Waals surface area contributed by atoms with E-state index in [0.717, 1.165) is 29.7 Å². The summed E-state index contributed by atoms with van der Waals surface area (Å²) < 4.78 is 5.17. The van der Waals surface area contributed by atoms with Gasteiger partial charge in [0.05, 0.1) is 12.2 Å². The topological polar surface area (TPSA) is 62.1 Å². The Kier molecular flexibility index (Phi) is 2.99. The number of aromatic amines is 1. The molecule has 3 aromatic rings. The Bertz CT molecular complexity index is 847. The van der Waals surface area contributed by atoms with Gasteiger partial charge in [-0.15, -0.1) is 0 Å². The quantitative estimate of drug-likeness (QED) is 0.790. The Hall–Kier alpha value is -2.56. The van der Waals surface area contributed by atoms with Crippen LogP contribution < -0.4 is 0 Å². The number of aromatic nitrogens is 2. The maximum atomic E-state index is 12.5. The number of para-hydroxylation sites is 1. The maximum Gasteiger partial charge on any atom is 0.292 e. The van der Waals surface area contributed by atoms with Gasteiger partial charge in [-0.1, -0.05) is 30.3 Å². The lowest BCUT2D eigenvalue weighted by atomic mass is 10.0. The van der Waals surface area contributed by atoms with Gasteiger partial charge in [-0.3, -0.25) is 4.79 Å².